The molecule has 7 heteroatoms. The van der Waals surface area contributed by atoms with Gasteiger partial charge in [0.15, 0.2) is 0 Å². The Morgan fingerprint density at radius 3 is 2.81 bits per heavy atom. The van der Waals surface area contributed by atoms with Gasteiger partial charge in [-0.25, -0.2) is 9.18 Å². The van der Waals surface area contributed by atoms with Crippen LogP contribution in [0.25, 0.3) is 11.4 Å². The largest absolute Gasteiger partial charge is 0.368 e. The van der Waals surface area contributed by atoms with Crippen LogP contribution in [0.4, 0.5) is 10.3 Å². The van der Waals surface area contributed by atoms with E-state index in [0.29, 0.717) is 10.0 Å². The van der Waals surface area contributed by atoms with Crippen LogP contribution >= 0.6 is 15.9 Å². The van der Waals surface area contributed by atoms with Crippen molar-refractivity contribution in [3.05, 3.63) is 39.0 Å². The summed E-state index contributed by atoms with van der Waals surface area (Å²) in [6, 6.07) is 4.04. The second-order valence-electron chi connectivity index (χ2n) is 2.98. The fourth-order valence-electron chi connectivity index (χ4n) is 1.21. The number of aromatic amines is 1. The highest BCUT2D eigenvalue weighted by atomic mass is 79.9. The van der Waals surface area contributed by atoms with E-state index in [1.807, 2.05) is 0 Å². The van der Waals surface area contributed by atoms with Gasteiger partial charge in [-0.05, 0) is 18.2 Å². The van der Waals surface area contributed by atoms with Gasteiger partial charge in [-0.3, -0.25) is 4.98 Å². The van der Waals surface area contributed by atoms with E-state index >= 15 is 0 Å². The van der Waals surface area contributed by atoms with Crippen molar-refractivity contribution in [2.45, 2.75) is 0 Å². The van der Waals surface area contributed by atoms with Crippen molar-refractivity contribution in [3.8, 4) is 11.4 Å². The van der Waals surface area contributed by atoms with Crippen LogP contribution in [0, 0.1) is 5.82 Å². The first-order chi connectivity index (χ1) is 7.56. The summed E-state index contributed by atoms with van der Waals surface area (Å²) in [5, 5.41) is 0. The molecule has 0 aliphatic carbocycles. The molecule has 0 unspecified atom stereocenters. The third kappa shape index (κ3) is 2.08. The summed E-state index contributed by atoms with van der Waals surface area (Å²) < 4.78 is 13.6. The van der Waals surface area contributed by atoms with Gasteiger partial charge in [-0.15, -0.1) is 0 Å². The van der Waals surface area contributed by atoms with Gasteiger partial charge in [-0.2, -0.15) is 9.97 Å². The summed E-state index contributed by atoms with van der Waals surface area (Å²) in [4.78, 5) is 20.6. The summed E-state index contributed by atoms with van der Waals surface area (Å²) >= 11 is 3.23. The number of hydrogen-bond acceptors (Lipinski definition) is 4. The Bertz CT molecular complexity index is 598. The Morgan fingerprint density at radius 1 is 1.38 bits per heavy atom. The van der Waals surface area contributed by atoms with Crippen LogP contribution in [-0.4, -0.2) is 15.0 Å². The number of anilines is 1. The molecule has 1 aromatic heterocycles. The van der Waals surface area contributed by atoms with Crippen molar-refractivity contribution in [1.29, 1.82) is 0 Å². The quantitative estimate of drug-likeness (QED) is 0.827. The van der Waals surface area contributed by atoms with Gasteiger partial charge in [-0.1, -0.05) is 15.9 Å². The van der Waals surface area contributed by atoms with Gasteiger partial charge in [0.05, 0.1) is 0 Å². The van der Waals surface area contributed by atoms with E-state index in [2.05, 4.69) is 30.9 Å². The van der Waals surface area contributed by atoms with Crippen LogP contribution in [-0.2, 0) is 0 Å². The highest BCUT2D eigenvalue weighted by Crippen LogP contribution is 2.25. The number of hydrogen-bond donors (Lipinski definition) is 2. The Balaban J connectivity index is 2.66. The molecule has 1 heterocycles. The van der Waals surface area contributed by atoms with E-state index in [0.717, 1.165) is 0 Å². The Kier molecular flexibility index (Phi) is 2.69. The van der Waals surface area contributed by atoms with Gasteiger partial charge in [0.2, 0.25) is 5.95 Å². The second kappa shape index (κ2) is 4.01. The first-order valence-corrected chi connectivity index (χ1v) is 5.05. The second-order valence-corrected chi connectivity index (χ2v) is 3.84. The minimum atomic E-state index is -0.626. The predicted octanol–water partition coefficient (Wildman–Crippen LogP) is 1.32. The Hall–Kier alpha value is -1.76. The first-order valence-electron chi connectivity index (χ1n) is 4.25. The molecule has 0 spiro atoms. The van der Waals surface area contributed by atoms with Crippen LogP contribution < -0.4 is 11.4 Å². The maximum Gasteiger partial charge on any atom is 0.349 e. The van der Waals surface area contributed by atoms with E-state index < -0.39 is 11.5 Å². The van der Waals surface area contributed by atoms with E-state index in [1.165, 1.54) is 18.2 Å². The molecule has 0 bridgehead atoms. The van der Waals surface area contributed by atoms with Crippen molar-refractivity contribution < 1.29 is 4.39 Å². The third-order valence-corrected chi connectivity index (χ3v) is 2.54. The summed E-state index contributed by atoms with van der Waals surface area (Å²) in [6.45, 7) is 0. The number of nitrogens with two attached hydrogens (primary N) is 1. The number of halogens is 2. The fourth-order valence-corrected chi connectivity index (χ4v) is 1.64. The molecule has 0 atom stereocenters. The zero-order chi connectivity index (χ0) is 11.7. The first kappa shape index (κ1) is 10.7. The van der Waals surface area contributed by atoms with Crippen molar-refractivity contribution >= 4 is 21.9 Å². The van der Waals surface area contributed by atoms with E-state index in [1.54, 1.807) is 0 Å². The molecular formula is C9H6BrFN4O. The number of rotatable bonds is 1. The van der Waals surface area contributed by atoms with E-state index in [4.69, 9.17) is 5.73 Å². The number of nitrogens with zero attached hydrogens (tertiary/aromatic N) is 2. The van der Waals surface area contributed by atoms with Crippen molar-refractivity contribution in [2.75, 3.05) is 5.73 Å². The molecule has 0 saturated heterocycles. The summed E-state index contributed by atoms with van der Waals surface area (Å²) in [5.74, 6) is -0.421. The maximum atomic E-state index is 13.0. The monoisotopic (exact) mass is 284 g/mol. The summed E-state index contributed by atoms with van der Waals surface area (Å²) in [6.07, 6.45) is 0. The minimum absolute atomic E-state index is 0.157. The molecule has 82 valence electrons. The zero-order valence-electron chi connectivity index (χ0n) is 7.87. The topological polar surface area (TPSA) is 84.7 Å². The molecule has 0 radical (unpaired) electrons. The Morgan fingerprint density at radius 2 is 2.12 bits per heavy atom. The van der Waals surface area contributed by atoms with Crippen molar-refractivity contribution in [1.82, 2.24) is 15.0 Å². The molecule has 2 rings (SSSR count). The summed E-state index contributed by atoms with van der Waals surface area (Å²) in [7, 11) is 0. The van der Waals surface area contributed by atoms with Gasteiger partial charge in [0.1, 0.15) is 11.6 Å². The third-order valence-electron chi connectivity index (χ3n) is 1.85. The lowest BCUT2D eigenvalue weighted by molar-refractivity contribution is 0.628. The zero-order valence-corrected chi connectivity index (χ0v) is 9.45. The predicted molar refractivity (Wildman–Crippen MR) is 60.2 cm³/mol. The fraction of sp³-hybridized carbons (Fsp3) is 0. The number of benzene rings is 1. The van der Waals surface area contributed by atoms with E-state index in [9.17, 15) is 9.18 Å². The van der Waals surface area contributed by atoms with Crippen LogP contribution in [0.2, 0.25) is 0 Å². The molecule has 0 aliphatic heterocycles. The molecule has 0 saturated carbocycles. The SMILES string of the molecule is Nc1nc(-c2cc(F)ccc2Br)[nH]c(=O)n1. The average Bonchev–Trinajstić information content (AvgIpc) is 2.20. The van der Waals surface area contributed by atoms with Crippen molar-refractivity contribution in [3.63, 3.8) is 0 Å². The molecule has 3 N–H and O–H groups in total. The maximum absolute atomic E-state index is 13.0. The summed E-state index contributed by atoms with van der Waals surface area (Å²) in [5.41, 5.74) is 5.12. The molecule has 0 fully saturated rings. The normalized spacial score (nSPS) is 10.4. The average molecular weight is 285 g/mol. The number of nitrogen functional groups attached to an aromatic ring is 1. The Labute approximate surface area is 97.7 Å². The van der Waals surface area contributed by atoms with Crippen LogP contribution in [0.3, 0.4) is 0 Å². The molecule has 1 aromatic carbocycles. The van der Waals surface area contributed by atoms with Gasteiger partial charge < -0.3 is 5.73 Å². The van der Waals surface area contributed by atoms with Crippen LogP contribution in [0.5, 0.6) is 0 Å². The van der Waals surface area contributed by atoms with Gasteiger partial charge in [0, 0.05) is 10.0 Å². The van der Waals surface area contributed by atoms with E-state index in [-0.39, 0.29) is 11.8 Å². The minimum Gasteiger partial charge on any atom is -0.368 e. The van der Waals surface area contributed by atoms with Crippen molar-refractivity contribution in [2.24, 2.45) is 0 Å². The number of aromatic nitrogens is 3. The highest BCUT2D eigenvalue weighted by Gasteiger charge is 2.08. The van der Waals surface area contributed by atoms with Crippen LogP contribution in [0.15, 0.2) is 27.5 Å². The number of nitrogens with one attached hydrogen (secondary N) is 1. The van der Waals surface area contributed by atoms with Crippen LogP contribution in [0.1, 0.15) is 0 Å². The molecule has 0 aliphatic rings. The lowest BCUT2D eigenvalue weighted by Gasteiger charge is -2.03. The standard InChI is InChI=1S/C9H6BrFN4O/c10-6-2-1-4(11)3-5(6)7-13-8(12)15-9(16)14-7/h1-3H,(H3,12,13,14,15,16). The molecular weight excluding hydrogens is 279 g/mol. The molecule has 16 heavy (non-hydrogen) atoms. The van der Waals surface area contributed by atoms with Gasteiger partial charge >= 0.3 is 5.69 Å². The molecule has 0 amide bonds. The smallest absolute Gasteiger partial charge is 0.349 e. The highest BCUT2D eigenvalue weighted by molar-refractivity contribution is 9.10. The van der Waals surface area contributed by atoms with Gasteiger partial charge in [0.25, 0.3) is 0 Å². The lowest BCUT2D eigenvalue weighted by Crippen LogP contribution is -2.15. The molecule has 2 aromatic rings. The molecule has 5 nitrogen and oxygen atoms in total. The number of H-pyrrole nitrogens is 1. The lowest BCUT2D eigenvalue weighted by atomic mass is 10.2.